The van der Waals surface area contributed by atoms with Gasteiger partial charge in [0, 0.05) is 38.1 Å². The van der Waals surface area contributed by atoms with Gasteiger partial charge in [-0.2, -0.15) is 5.10 Å². The highest BCUT2D eigenvalue weighted by Gasteiger charge is 2.29. The quantitative estimate of drug-likeness (QED) is 0.590. The van der Waals surface area contributed by atoms with E-state index in [1.165, 1.54) is 0 Å². The Morgan fingerprint density at radius 2 is 1.81 bits per heavy atom. The maximum absolute atomic E-state index is 13.3. The van der Waals surface area contributed by atoms with Crippen LogP contribution in [0.4, 0.5) is 0 Å². The van der Waals surface area contributed by atoms with Gasteiger partial charge in [0.25, 0.3) is 5.91 Å². The first-order chi connectivity index (χ1) is 15.5. The van der Waals surface area contributed by atoms with Crippen LogP contribution in [-0.4, -0.2) is 70.4 Å². The Morgan fingerprint density at radius 1 is 1.12 bits per heavy atom. The Hall–Kier alpha value is -2.22. The number of aromatic nitrogens is 2. The molecule has 2 aliphatic heterocycles. The number of thiophene rings is 1. The minimum absolute atomic E-state index is 0.164. The highest BCUT2D eigenvalue weighted by atomic mass is 32.1. The molecule has 6 nitrogen and oxygen atoms in total. The average Bonchev–Trinajstić information content (AvgIpc) is 3.34. The summed E-state index contributed by atoms with van der Waals surface area (Å²) in [6.07, 6.45) is 2.77. The van der Waals surface area contributed by atoms with Crippen LogP contribution < -0.4 is 0 Å². The largest absolute Gasteiger partial charge is 0.373 e. The molecule has 4 heterocycles. The number of hydrogen-bond donors (Lipinski definition) is 0. The molecular weight excluding hydrogens is 420 g/mol. The molecule has 2 fully saturated rings. The van der Waals surface area contributed by atoms with Crippen molar-refractivity contribution in [1.29, 1.82) is 0 Å². The molecule has 7 heteroatoms. The van der Waals surface area contributed by atoms with Crippen molar-refractivity contribution in [2.75, 3.05) is 32.7 Å². The molecule has 1 aromatic carbocycles. The summed E-state index contributed by atoms with van der Waals surface area (Å²) in [7, 11) is 0. The number of benzene rings is 1. The van der Waals surface area contributed by atoms with Crippen LogP contribution in [0.1, 0.15) is 42.1 Å². The van der Waals surface area contributed by atoms with Crippen molar-refractivity contribution in [2.45, 2.75) is 45.8 Å². The van der Waals surface area contributed by atoms with E-state index in [1.807, 2.05) is 52.9 Å². The van der Waals surface area contributed by atoms with E-state index in [-0.39, 0.29) is 5.91 Å². The molecule has 2 atom stereocenters. The predicted octanol–water partition coefficient (Wildman–Crippen LogP) is 4.36. The third-order valence-electron chi connectivity index (χ3n) is 6.67. The van der Waals surface area contributed by atoms with Crippen molar-refractivity contribution >= 4 is 27.5 Å². The lowest BCUT2D eigenvalue weighted by atomic mass is 9.95. The van der Waals surface area contributed by atoms with Crippen LogP contribution >= 0.6 is 11.3 Å². The zero-order valence-electron chi connectivity index (χ0n) is 19.2. The third-order valence-corrected chi connectivity index (χ3v) is 7.77. The Morgan fingerprint density at radius 3 is 2.50 bits per heavy atom. The molecule has 0 radical (unpaired) electrons. The molecule has 0 bridgehead atoms. The summed E-state index contributed by atoms with van der Waals surface area (Å²) in [5, 5.41) is 5.77. The van der Waals surface area contributed by atoms with Gasteiger partial charge in [-0.05, 0) is 57.7 Å². The minimum atomic E-state index is 0.164. The van der Waals surface area contributed by atoms with E-state index in [9.17, 15) is 4.79 Å². The zero-order valence-corrected chi connectivity index (χ0v) is 20.0. The van der Waals surface area contributed by atoms with E-state index < -0.39 is 0 Å². The number of rotatable bonds is 4. The number of ether oxygens (including phenoxy) is 1. The molecule has 3 aromatic rings. The first-order valence-electron chi connectivity index (χ1n) is 11.7. The molecule has 2 aromatic heterocycles. The smallest absolute Gasteiger partial charge is 0.264 e. The number of piperidine rings is 1. The van der Waals surface area contributed by atoms with Crippen molar-refractivity contribution in [1.82, 2.24) is 19.6 Å². The fourth-order valence-electron chi connectivity index (χ4n) is 5.17. The van der Waals surface area contributed by atoms with E-state index in [1.54, 1.807) is 11.3 Å². The SMILES string of the molecule is Cc1nn(-c2ccccc2)c2sc(C(=O)N3CCC(CN4CC(C)OC(C)C4)CC3)cc12. The van der Waals surface area contributed by atoms with E-state index in [2.05, 4.69) is 18.7 Å². The van der Waals surface area contributed by atoms with Gasteiger partial charge in [0.05, 0.1) is 28.5 Å². The fourth-order valence-corrected chi connectivity index (χ4v) is 6.32. The number of likely N-dealkylation sites (tertiary alicyclic amines) is 1. The molecule has 0 saturated carbocycles. The standard InChI is InChI=1S/C25H32N4O2S/c1-17-14-27(15-18(2)31-17)16-20-9-11-28(12-10-20)24(30)23-13-22-19(3)26-29(25(22)32-23)21-7-5-4-6-8-21/h4-8,13,17-18,20H,9-12,14-16H2,1-3H3. The zero-order chi connectivity index (χ0) is 22.2. The second kappa shape index (κ2) is 8.96. The lowest BCUT2D eigenvalue weighted by Gasteiger charge is -2.39. The summed E-state index contributed by atoms with van der Waals surface area (Å²) in [4.78, 5) is 19.7. The first-order valence-corrected chi connectivity index (χ1v) is 12.5. The van der Waals surface area contributed by atoms with Crippen molar-refractivity contribution in [2.24, 2.45) is 5.92 Å². The van der Waals surface area contributed by atoms with E-state index in [0.717, 1.165) is 72.0 Å². The molecule has 32 heavy (non-hydrogen) atoms. The van der Waals surface area contributed by atoms with Gasteiger partial charge in [-0.15, -0.1) is 11.3 Å². The average molecular weight is 453 g/mol. The molecule has 1 amide bonds. The normalized spacial score (nSPS) is 23.2. The number of amides is 1. The molecule has 2 unspecified atom stereocenters. The first kappa shape index (κ1) is 21.6. The number of para-hydroxylation sites is 1. The van der Waals surface area contributed by atoms with Gasteiger partial charge in [0.2, 0.25) is 0 Å². The van der Waals surface area contributed by atoms with Crippen LogP contribution in [0.15, 0.2) is 36.4 Å². The van der Waals surface area contributed by atoms with Crippen molar-refractivity contribution < 1.29 is 9.53 Å². The summed E-state index contributed by atoms with van der Waals surface area (Å²) < 4.78 is 7.83. The third kappa shape index (κ3) is 4.34. The number of fused-ring (bicyclic) bond motifs is 1. The fraction of sp³-hybridized carbons (Fsp3) is 0.520. The Bertz CT molecular complexity index is 1070. The maximum atomic E-state index is 13.3. The van der Waals surface area contributed by atoms with E-state index in [0.29, 0.717) is 18.1 Å². The van der Waals surface area contributed by atoms with Crippen LogP contribution in [-0.2, 0) is 4.74 Å². The topological polar surface area (TPSA) is 50.6 Å². The van der Waals surface area contributed by atoms with Crippen molar-refractivity contribution in [3.05, 3.63) is 47.0 Å². The number of nitrogens with zero attached hydrogens (tertiary/aromatic N) is 4. The van der Waals surface area contributed by atoms with Crippen LogP contribution in [0.2, 0.25) is 0 Å². The second-order valence-electron chi connectivity index (χ2n) is 9.37. The number of carbonyl (C=O) groups excluding carboxylic acids is 1. The maximum Gasteiger partial charge on any atom is 0.264 e. The van der Waals surface area contributed by atoms with Crippen LogP contribution in [0.3, 0.4) is 0 Å². The lowest BCUT2D eigenvalue weighted by molar-refractivity contribution is -0.0728. The minimum Gasteiger partial charge on any atom is -0.373 e. The van der Waals surface area contributed by atoms with Crippen LogP contribution in [0.25, 0.3) is 15.9 Å². The predicted molar refractivity (Wildman–Crippen MR) is 129 cm³/mol. The Balaban J connectivity index is 1.25. The molecule has 5 rings (SSSR count). The second-order valence-corrected chi connectivity index (χ2v) is 10.4. The molecule has 0 N–H and O–H groups in total. The van der Waals surface area contributed by atoms with Gasteiger partial charge in [-0.25, -0.2) is 4.68 Å². The number of hydrogen-bond acceptors (Lipinski definition) is 5. The van der Waals surface area contributed by atoms with Gasteiger partial charge in [0.15, 0.2) is 0 Å². The van der Waals surface area contributed by atoms with Crippen molar-refractivity contribution in [3.63, 3.8) is 0 Å². The van der Waals surface area contributed by atoms with Gasteiger partial charge in [0.1, 0.15) is 4.83 Å². The van der Waals surface area contributed by atoms with Crippen LogP contribution in [0.5, 0.6) is 0 Å². The molecular formula is C25H32N4O2S. The monoisotopic (exact) mass is 452 g/mol. The summed E-state index contributed by atoms with van der Waals surface area (Å²) in [6, 6.07) is 12.2. The van der Waals surface area contributed by atoms with Gasteiger partial charge in [-0.1, -0.05) is 18.2 Å². The lowest BCUT2D eigenvalue weighted by Crippen LogP contribution is -2.48. The van der Waals surface area contributed by atoms with E-state index >= 15 is 0 Å². The number of morpholine rings is 1. The van der Waals surface area contributed by atoms with Crippen LogP contribution in [0, 0.1) is 12.8 Å². The highest BCUT2D eigenvalue weighted by molar-refractivity contribution is 7.20. The molecule has 0 spiro atoms. The van der Waals surface area contributed by atoms with E-state index in [4.69, 9.17) is 9.84 Å². The Kier molecular flexibility index (Phi) is 6.05. The Labute approximate surface area is 193 Å². The molecule has 0 aliphatic carbocycles. The number of carbonyl (C=O) groups is 1. The summed E-state index contributed by atoms with van der Waals surface area (Å²) >= 11 is 1.56. The van der Waals surface area contributed by atoms with Crippen molar-refractivity contribution in [3.8, 4) is 5.69 Å². The van der Waals surface area contributed by atoms with Gasteiger partial charge >= 0.3 is 0 Å². The number of aryl methyl sites for hydroxylation is 1. The summed E-state index contributed by atoms with van der Waals surface area (Å²) in [6.45, 7) is 11.2. The summed E-state index contributed by atoms with van der Waals surface area (Å²) in [5.41, 5.74) is 1.99. The summed E-state index contributed by atoms with van der Waals surface area (Å²) in [5.74, 6) is 0.824. The van der Waals surface area contributed by atoms with Gasteiger partial charge < -0.3 is 9.64 Å². The molecule has 2 aliphatic rings. The molecule has 170 valence electrons. The van der Waals surface area contributed by atoms with Gasteiger partial charge in [-0.3, -0.25) is 9.69 Å². The highest BCUT2D eigenvalue weighted by Crippen LogP contribution is 2.32. The molecule has 2 saturated heterocycles.